The number of methoxy groups -OCH3 is 1. The lowest BCUT2D eigenvalue weighted by atomic mass is 10.2. The maximum Gasteiger partial charge on any atom is 0.236 e. The number of nitrogens with one attached hydrogen (secondary N) is 1. The number of nitrogens with two attached hydrogens (primary N) is 1. The van der Waals surface area contributed by atoms with Gasteiger partial charge >= 0.3 is 0 Å². The molecule has 0 radical (unpaired) electrons. The van der Waals surface area contributed by atoms with Crippen LogP contribution in [0.15, 0.2) is 0 Å². The predicted molar refractivity (Wildman–Crippen MR) is 47.7 cm³/mol. The number of amides is 1. The van der Waals surface area contributed by atoms with Gasteiger partial charge in [0.15, 0.2) is 0 Å². The molecule has 0 aromatic carbocycles. The third kappa shape index (κ3) is 5.09. The molecule has 0 fully saturated rings. The Morgan fingerprint density at radius 2 is 2.17 bits per heavy atom. The van der Waals surface area contributed by atoms with Crippen molar-refractivity contribution in [3.05, 3.63) is 0 Å². The molecule has 72 valence electrons. The normalized spacial score (nSPS) is 13.3. The minimum atomic E-state index is -0.364. The van der Waals surface area contributed by atoms with Crippen LogP contribution in [0.25, 0.3) is 0 Å². The fourth-order valence-corrected chi connectivity index (χ4v) is 0.786. The van der Waals surface area contributed by atoms with E-state index in [0.717, 1.165) is 6.54 Å². The Morgan fingerprint density at radius 3 is 2.50 bits per heavy atom. The molecule has 0 heterocycles. The minimum Gasteiger partial charge on any atom is -0.383 e. The molecule has 0 bridgehead atoms. The van der Waals surface area contributed by atoms with Gasteiger partial charge in [-0.25, -0.2) is 0 Å². The lowest BCUT2D eigenvalue weighted by Gasteiger charge is -2.15. The van der Waals surface area contributed by atoms with Crippen molar-refractivity contribution in [2.75, 3.05) is 20.3 Å². The van der Waals surface area contributed by atoms with Crippen molar-refractivity contribution in [1.82, 2.24) is 5.32 Å². The summed E-state index contributed by atoms with van der Waals surface area (Å²) in [6.07, 6.45) is 0. The monoisotopic (exact) mass is 174 g/mol. The molecular formula is C8H18N2O2. The maximum absolute atomic E-state index is 10.8. The van der Waals surface area contributed by atoms with Gasteiger partial charge in [0, 0.05) is 7.11 Å². The van der Waals surface area contributed by atoms with E-state index in [1.165, 1.54) is 0 Å². The van der Waals surface area contributed by atoms with E-state index in [9.17, 15) is 4.79 Å². The fraction of sp³-hybridized carbons (Fsp3) is 0.875. The molecule has 12 heavy (non-hydrogen) atoms. The van der Waals surface area contributed by atoms with Gasteiger partial charge in [-0.1, -0.05) is 13.8 Å². The third-order valence-electron chi connectivity index (χ3n) is 1.45. The number of carbonyl (C=O) groups is 1. The van der Waals surface area contributed by atoms with Crippen LogP contribution >= 0.6 is 0 Å². The van der Waals surface area contributed by atoms with Crippen LogP contribution in [0.5, 0.6) is 0 Å². The molecule has 0 aliphatic rings. The van der Waals surface area contributed by atoms with Crippen molar-refractivity contribution in [2.24, 2.45) is 11.7 Å². The van der Waals surface area contributed by atoms with Crippen molar-refractivity contribution in [3.8, 4) is 0 Å². The molecule has 4 heteroatoms. The predicted octanol–water partition coefficient (Wildman–Crippen LogP) is -0.268. The van der Waals surface area contributed by atoms with E-state index in [1.54, 1.807) is 7.11 Å². The second-order valence-electron chi connectivity index (χ2n) is 3.21. The molecule has 0 spiro atoms. The van der Waals surface area contributed by atoms with E-state index >= 15 is 0 Å². The zero-order valence-electron chi connectivity index (χ0n) is 7.96. The van der Waals surface area contributed by atoms with E-state index in [0.29, 0.717) is 12.5 Å². The van der Waals surface area contributed by atoms with Gasteiger partial charge in [0.2, 0.25) is 5.91 Å². The van der Waals surface area contributed by atoms with Crippen molar-refractivity contribution >= 4 is 5.91 Å². The lowest BCUT2D eigenvalue weighted by molar-refractivity contribution is -0.121. The average molecular weight is 174 g/mol. The largest absolute Gasteiger partial charge is 0.383 e. The maximum atomic E-state index is 10.8. The van der Waals surface area contributed by atoms with Gasteiger partial charge in [-0.3, -0.25) is 4.79 Å². The van der Waals surface area contributed by atoms with Crippen LogP contribution < -0.4 is 11.1 Å². The van der Waals surface area contributed by atoms with Crippen LogP contribution in [0.1, 0.15) is 13.8 Å². The molecule has 0 aliphatic heterocycles. The summed E-state index contributed by atoms with van der Waals surface area (Å²) in [5.41, 5.74) is 5.13. The molecule has 0 rings (SSSR count). The Kier molecular flexibility index (Phi) is 5.66. The lowest BCUT2D eigenvalue weighted by Crippen LogP contribution is -2.45. The Labute approximate surface area is 73.5 Å². The number of primary amides is 1. The average Bonchev–Trinajstić information content (AvgIpc) is 1.96. The van der Waals surface area contributed by atoms with Gasteiger partial charge < -0.3 is 15.8 Å². The Balaban J connectivity index is 3.71. The molecule has 0 aromatic rings. The first kappa shape index (κ1) is 11.4. The number of ether oxygens (including phenoxy) is 1. The van der Waals surface area contributed by atoms with E-state index < -0.39 is 0 Å². The summed E-state index contributed by atoms with van der Waals surface area (Å²) in [6, 6.07) is -0.364. The molecule has 3 N–H and O–H groups in total. The van der Waals surface area contributed by atoms with Gasteiger partial charge in [0.05, 0.1) is 6.61 Å². The summed E-state index contributed by atoms with van der Waals surface area (Å²) in [5, 5.41) is 3.02. The summed E-state index contributed by atoms with van der Waals surface area (Å²) >= 11 is 0. The van der Waals surface area contributed by atoms with Gasteiger partial charge in [0.1, 0.15) is 6.04 Å². The van der Waals surface area contributed by atoms with Gasteiger partial charge in [-0.2, -0.15) is 0 Å². The van der Waals surface area contributed by atoms with Crippen molar-refractivity contribution < 1.29 is 9.53 Å². The topological polar surface area (TPSA) is 64.3 Å². The van der Waals surface area contributed by atoms with E-state index in [-0.39, 0.29) is 11.9 Å². The number of rotatable bonds is 6. The Morgan fingerprint density at radius 1 is 1.58 bits per heavy atom. The summed E-state index contributed by atoms with van der Waals surface area (Å²) in [6.45, 7) is 5.24. The fourth-order valence-electron chi connectivity index (χ4n) is 0.786. The SMILES string of the molecule is COCC(NCC(C)C)C(N)=O. The van der Waals surface area contributed by atoms with E-state index in [1.807, 2.05) is 0 Å². The highest BCUT2D eigenvalue weighted by Gasteiger charge is 2.13. The molecule has 4 nitrogen and oxygen atoms in total. The smallest absolute Gasteiger partial charge is 0.236 e. The molecule has 1 amide bonds. The zero-order valence-corrected chi connectivity index (χ0v) is 7.96. The molecule has 1 atom stereocenters. The highest BCUT2D eigenvalue weighted by molar-refractivity contribution is 5.79. The highest BCUT2D eigenvalue weighted by atomic mass is 16.5. The summed E-state index contributed by atoms with van der Waals surface area (Å²) in [5.74, 6) is 0.140. The zero-order chi connectivity index (χ0) is 9.56. The highest BCUT2D eigenvalue weighted by Crippen LogP contribution is 1.90. The van der Waals surface area contributed by atoms with Gasteiger partial charge in [0.25, 0.3) is 0 Å². The molecule has 0 aromatic heterocycles. The van der Waals surface area contributed by atoms with Crippen LogP contribution in [0.4, 0.5) is 0 Å². The van der Waals surface area contributed by atoms with Crippen LogP contribution in [-0.4, -0.2) is 32.2 Å². The summed E-state index contributed by atoms with van der Waals surface area (Å²) in [4.78, 5) is 10.8. The number of carbonyl (C=O) groups excluding carboxylic acids is 1. The minimum absolute atomic E-state index is 0.335. The second kappa shape index (κ2) is 5.97. The number of hydrogen-bond donors (Lipinski definition) is 2. The Bertz CT molecular complexity index is 137. The van der Waals surface area contributed by atoms with Crippen LogP contribution in [0.2, 0.25) is 0 Å². The first-order valence-electron chi connectivity index (χ1n) is 4.09. The van der Waals surface area contributed by atoms with Crippen molar-refractivity contribution in [1.29, 1.82) is 0 Å². The first-order valence-corrected chi connectivity index (χ1v) is 4.09. The van der Waals surface area contributed by atoms with Crippen molar-refractivity contribution in [2.45, 2.75) is 19.9 Å². The van der Waals surface area contributed by atoms with Crippen LogP contribution in [0, 0.1) is 5.92 Å². The quantitative estimate of drug-likeness (QED) is 0.582. The molecule has 0 aliphatic carbocycles. The second-order valence-corrected chi connectivity index (χ2v) is 3.21. The van der Waals surface area contributed by atoms with Gasteiger partial charge in [-0.15, -0.1) is 0 Å². The molecule has 0 saturated carbocycles. The standard InChI is InChI=1S/C8H18N2O2/c1-6(2)4-10-7(5-12-3)8(9)11/h6-7,10H,4-5H2,1-3H3,(H2,9,11). The number of hydrogen-bond acceptors (Lipinski definition) is 3. The third-order valence-corrected chi connectivity index (χ3v) is 1.45. The summed E-state index contributed by atoms with van der Waals surface area (Å²) in [7, 11) is 1.55. The van der Waals surface area contributed by atoms with Crippen molar-refractivity contribution in [3.63, 3.8) is 0 Å². The molecule has 1 unspecified atom stereocenters. The Hall–Kier alpha value is -0.610. The molecule has 0 saturated heterocycles. The molecular weight excluding hydrogens is 156 g/mol. The van der Waals surface area contributed by atoms with Crippen LogP contribution in [0.3, 0.4) is 0 Å². The van der Waals surface area contributed by atoms with E-state index in [4.69, 9.17) is 10.5 Å². The van der Waals surface area contributed by atoms with Crippen LogP contribution in [-0.2, 0) is 9.53 Å². The van der Waals surface area contributed by atoms with E-state index in [2.05, 4.69) is 19.2 Å². The first-order chi connectivity index (χ1) is 5.57. The summed E-state index contributed by atoms with van der Waals surface area (Å²) < 4.78 is 4.83. The van der Waals surface area contributed by atoms with Gasteiger partial charge in [-0.05, 0) is 12.5 Å².